The zero-order valence-electron chi connectivity index (χ0n) is 9.84. The van der Waals surface area contributed by atoms with Gasteiger partial charge in [0.15, 0.2) is 0 Å². The lowest BCUT2D eigenvalue weighted by molar-refractivity contribution is 0.574. The third kappa shape index (κ3) is 4.17. The van der Waals surface area contributed by atoms with Crippen LogP contribution < -0.4 is 5.32 Å². The van der Waals surface area contributed by atoms with Crippen LogP contribution in [0.4, 0.5) is 0 Å². The minimum absolute atomic E-state index is 0. The van der Waals surface area contributed by atoms with Gasteiger partial charge in [0.25, 0.3) is 0 Å². The zero-order chi connectivity index (χ0) is 11.2. The van der Waals surface area contributed by atoms with Crippen molar-refractivity contribution in [3.63, 3.8) is 0 Å². The van der Waals surface area contributed by atoms with Crippen molar-refractivity contribution in [2.75, 3.05) is 0 Å². The van der Waals surface area contributed by atoms with Gasteiger partial charge in [-0.3, -0.25) is 4.98 Å². The second kappa shape index (κ2) is 7.05. The van der Waals surface area contributed by atoms with Crippen LogP contribution in [0, 0.1) is 0 Å². The number of hydrogen-bond acceptors (Lipinski definition) is 2. The summed E-state index contributed by atoms with van der Waals surface area (Å²) in [5, 5.41) is 3.49. The van der Waals surface area contributed by atoms with Gasteiger partial charge < -0.3 is 5.32 Å². The molecule has 0 saturated carbocycles. The Morgan fingerprint density at radius 1 is 1.06 bits per heavy atom. The van der Waals surface area contributed by atoms with Gasteiger partial charge in [0.05, 0.1) is 0 Å². The molecule has 1 unspecified atom stereocenters. The molecule has 1 N–H and O–H groups in total. The summed E-state index contributed by atoms with van der Waals surface area (Å²) in [6.07, 6.45) is 3.65. The highest BCUT2D eigenvalue weighted by molar-refractivity contribution is 5.85. The largest absolute Gasteiger partial charge is 0.306 e. The molecule has 0 amide bonds. The van der Waals surface area contributed by atoms with Crippen molar-refractivity contribution in [1.29, 1.82) is 0 Å². The fourth-order valence-corrected chi connectivity index (χ4v) is 1.63. The van der Waals surface area contributed by atoms with E-state index in [4.69, 9.17) is 0 Å². The van der Waals surface area contributed by atoms with E-state index in [2.05, 4.69) is 41.5 Å². The molecule has 0 saturated heterocycles. The van der Waals surface area contributed by atoms with Crippen molar-refractivity contribution in [3.8, 4) is 0 Å². The minimum atomic E-state index is 0. The molecule has 2 nitrogen and oxygen atoms in total. The van der Waals surface area contributed by atoms with Crippen molar-refractivity contribution < 1.29 is 0 Å². The number of nitrogens with one attached hydrogen (secondary N) is 1. The van der Waals surface area contributed by atoms with E-state index in [9.17, 15) is 0 Å². The van der Waals surface area contributed by atoms with Gasteiger partial charge in [-0.1, -0.05) is 30.3 Å². The SMILES string of the molecule is CC(NCc1ccncc1)c1ccccc1.Cl. The van der Waals surface area contributed by atoms with Crippen molar-refractivity contribution >= 4 is 12.4 Å². The second-order valence-corrected chi connectivity index (χ2v) is 3.87. The average Bonchev–Trinajstić information content (AvgIpc) is 2.38. The highest BCUT2D eigenvalue weighted by Gasteiger charge is 2.03. The molecule has 0 aliphatic rings. The van der Waals surface area contributed by atoms with E-state index in [1.54, 1.807) is 0 Å². The first-order valence-corrected chi connectivity index (χ1v) is 5.53. The summed E-state index contributed by atoms with van der Waals surface area (Å²) in [7, 11) is 0. The molecule has 0 bridgehead atoms. The summed E-state index contributed by atoms with van der Waals surface area (Å²) in [6, 6.07) is 14.9. The maximum absolute atomic E-state index is 4.00. The van der Waals surface area contributed by atoms with Crippen LogP contribution in [0.5, 0.6) is 0 Å². The predicted octanol–water partition coefficient (Wildman–Crippen LogP) is 3.35. The van der Waals surface area contributed by atoms with Gasteiger partial charge in [0.1, 0.15) is 0 Å². The Labute approximate surface area is 109 Å². The topological polar surface area (TPSA) is 24.9 Å². The molecule has 0 fully saturated rings. The number of hydrogen-bond donors (Lipinski definition) is 1. The molecule has 90 valence electrons. The van der Waals surface area contributed by atoms with E-state index in [-0.39, 0.29) is 12.4 Å². The molecule has 0 radical (unpaired) electrons. The summed E-state index contributed by atoms with van der Waals surface area (Å²) in [5.74, 6) is 0. The number of halogens is 1. The highest BCUT2D eigenvalue weighted by Crippen LogP contribution is 2.11. The van der Waals surface area contributed by atoms with Crippen LogP contribution in [0.25, 0.3) is 0 Å². The van der Waals surface area contributed by atoms with Crippen LogP contribution in [0.15, 0.2) is 54.9 Å². The second-order valence-electron chi connectivity index (χ2n) is 3.87. The van der Waals surface area contributed by atoms with Crippen LogP contribution in [-0.4, -0.2) is 4.98 Å². The Morgan fingerprint density at radius 2 is 1.71 bits per heavy atom. The van der Waals surface area contributed by atoms with Crippen molar-refractivity contribution in [1.82, 2.24) is 10.3 Å². The van der Waals surface area contributed by atoms with Crippen molar-refractivity contribution in [2.45, 2.75) is 19.5 Å². The third-order valence-corrected chi connectivity index (χ3v) is 2.66. The molecule has 1 atom stereocenters. The quantitative estimate of drug-likeness (QED) is 0.898. The summed E-state index contributed by atoms with van der Waals surface area (Å²) in [4.78, 5) is 4.00. The monoisotopic (exact) mass is 248 g/mol. The van der Waals surface area contributed by atoms with E-state index in [0.29, 0.717) is 6.04 Å². The molecule has 1 heterocycles. The molecule has 0 aliphatic heterocycles. The lowest BCUT2D eigenvalue weighted by atomic mass is 10.1. The van der Waals surface area contributed by atoms with Gasteiger partial charge in [-0.2, -0.15) is 0 Å². The molecule has 3 heteroatoms. The molecule has 17 heavy (non-hydrogen) atoms. The number of benzene rings is 1. The van der Waals surface area contributed by atoms with Gasteiger partial charge in [-0.25, -0.2) is 0 Å². The molecular weight excluding hydrogens is 232 g/mol. The Bertz CT molecular complexity index is 417. The fraction of sp³-hybridized carbons (Fsp3) is 0.214. The number of nitrogens with zero attached hydrogens (tertiary/aromatic N) is 1. The highest BCUT2D eigenvalue weighted by atomic mass is 35.5. The van der Waals surface area contributed by atoms with Crippen molar-refractivity contribution in [3.05, 3.63) is 66.0 Å². The van der Waals surface area contributed by atoms with Crippen LogP contribution in [0.2, 0.25) is 0 Å². The Hall–Kier alpha value is -1.38. The van der Waals surface area contributed by atoms with Gasteiger partial charge in [0, 0.05) is 25.0 Å². The predicted molar refractivity (Wildman–Crippen MR) is 73.2 cm³/mol. The van der Waals surface area contributed by atoms with Crippen LogP contribution >= 0.6 is 12.4 Å². The Kier molecular flexibility index (Phi) is 5.67. The van der Waals surface area contributed by atoms with E-state index in [1.165, 1.54) is 11.1 Å². The molecule has 1 aromatic heterocycles. The third-order valence-electron chi connectivity index (χ3n) is 2.66. The Balaban J connectivity index is 0.00000144. The van der Waals surface area contributed by atoms with Crippen LogP contribution in [-0.2, 0) is 6.54 Å². The van der Waals surface area contributed by atoms with Crippen molar-refractivity contribution in [2.24, 2.45) is 0 Å². The summed E-state index contributed by atoms with van der Waals surface area (Å²) < 4.78 is 0. The Morgan fingerprint density at radius 3 is 2.35 bits per heavy atom. The number of rotatable bonds is 4. The van der Waals surface area contributed by atoms with E-state index in [1.807, 2.05) is 30.6 Å². The fourth-order valence-electron chi connectivity index (χ4n) is 1.63. The molecule has 0 spiro atoms. The van der Waals surface area contributed by atoms with E-state index in [0.717, 1.165) is 6.54 Å². The average molecular weight is 249 g/mol. The molecule has 2 aromatic rings. The van der Waals surface area contributed by atoms with Crippen LogP contribution in [0.3, 0.4) is 0 Å². The zero-order valence-corrected chi connectivity index (χ0v) is 10.7. The van der Waals surface area contributed by atoms with Gasteiger partial charge in [0.2, 0.25) is 0 Å². The lowest BCUT2D eigenvalue weighted by Crippen LogP contribution is -2.17. The standard InChI is InChI=1S/C14H16N2.ClH/c1-12(14-5-3-2-4-6-14)16-11-13-7-9-15-10-8-13;/h2-10,12,16H,11H2,1H3;1H. The van der Waals surface area contributed by atoms with Crippen LogP contribution in [0.1, 0.15) is 24.1 Å². The maximum Gasteiger partial charge on any atom is 0.0294 e. The van der Waals surface area contributed by atoms with Gasteiger partial charge >= 0.3 is 0 Å². The lowest BCUT2D eigenvalue weighted by Gasteiger charge is -2.13. The molecule has 0 aliphatic carbocycles. The smallest absolute Gasteiger partial charge is 0.0294 e. The first-order valence-electron chi connectivity index (χ1n) is 5.53. The van der Waals surface area contributed by atoms with Gasteiger partial charge in [-0.05, 0) is 30.2 Å². The molecule has 1 aromatic carbocycles. The maximum atomic E-state index is 4.00. The van der Waals surface area contributed by atoms with E-state index < -0.39 is 0 Å². The molecular formula is C14H17ClN2. The summed E-state index contributed by atoms with van der Waals surface area (Å²) >= 11 is 0. The van der Waals surface area contributed by atoms with E-state index >= 15 is 0 Å². The first-order chi connectivity index (χ1) is 7.86. The first kappa shape index (κ1) is 13.7. The number of aromatic nitrogens is 1. The summed E-state index contributed by atoms with van der Waals surface area (Å²) in [5.41, 5.74) is 2.58. The molecule has 2 rings (SSSR count). The number of pyridine rings is 1. The normalized spacial score (nSPS) is 11.6. The van der Waals surface area contributed by atoms with Gasteiger partial charge in [-0.15, -0.1) is 12.4 Å². The summed E-state index contributed by atoms with van der Waals surface area (Å²) in [6.45, 7) is 3.05. The minimum Gasteiger partial charge on any atom is -0.306 e.